The van der Waals surface area contributed by atoms with Crippen molar-refractivity contribution in [3.05, 3.63) is 11.3 Å². The molecule has 0 bridgehead atoms. The first kappa shape index (κ1) is 8.50. The van der Waals surface area contributed by atoms with Gasteiger partial charge in [0.15, 0.2) is 0 Å². The average Bonchev–Trinajstić information content (AvgIpc) is 1.82. The number of hydrogen-bond donors (Lipinski definition) is 2. The van der Waals surface area contributed by atoms with E-state index < -0.39 is 0 Å². The Hall–Kier alpha value is -0.500. The van der Waals surface area contributed by atoms with Crippen LogP contribution in [0, 0.1) is 0 Å². The molecule has 0 aliphatic rings. The number of rotatable bonds is 3. The van der Waals surface area contributed by atoms with Crippen LogP contribution >= 0.6 is 0 Å². The van der Waals surface area contributed by atoms with Crippen molar-refractivity contribution in [2.75, 3.05) is 6.54 Å². The molecular weight excluding hydrogens is 112 g/mol. The molecule has 0 unspecified atom stereocenters. The van der Waals surface area contributed by atoms with E-state index in [1.54, 1.807) is 0 Å². The van der Waals surface area contributed by atoms with Gasteiger partial charge >= 0.3 is 0 Å². The molecule has 0 aromatic heterocycles. The van der Waals surface area contributed by atoms with Gasteiger partial charge in [0, 0.05) is 5.70 Å². The van der Waals surface area contributed by atoms with Gasteiger partial charge in [-0.05, 0) is 33.2 Å². The normalized spacial score (nSPS) is 9.22. The Morgan fingerprint density at radius 1 is 1.33 bits per heavy atom. The van der Waals surface area contributed by atoms with E-state index in [0.29, 0.717) is 0 Å². The Bertz CT molecular complexity index is 101. The predicted molar refractivity (Wildman–Crippen MR) is 40.8 cm³/mol. The van der Waals surface area contributed by atoms with Gasteiger partial charge in [0.05, 0.1) is 0 Å². The third kappa shape index (κ3) is 4.03. The molecule has 9 heavy (non-hydrogen) atoms. The van der Waals surface area contributed by atoms with E-state index in [2.05, 4.69) is 0 Å². The number of allylic oxidation sites excluding steroid dienone is 2. The van der Waals surface area contributed by atoms with Crippen LogP contribution in [-0.4, -0.2) is 6.54 Å². The molecule has 0 amide bonds. The first-order valence-electron chi connectivity index (χ1n) is 3.30. The zero-order valence-corrected chi connectivity index (χ0v) is 6.28. The van der Waals surface area contributed by atoms with Crippen LogP contribution < -0.4 is 11.5 Å². The smallest absolute Gasteiger partial charge is 0.00672 e. The molecule has 0 spiro atoms. The third-order valence-corrected chi connectivity index (χ3v) is 1.29. The fraction of sp³-hybridized carbons (Fsp3) is 0.714. The highest BCUT2D eigenvalue weighted by Crippen LogP contribution is 2.02. The number of nitrogens with two attached hydrogens (primary N) is 2. The number of hydrogen-bond acceptors (Lipinski definition) is 2. The molecule has 0 aromatic rings. The highest BCUT2D eigenvalue weighted by molar-refractivity contribution is 5.04. The second-order valence-corrected chi connectivity index (χ2v) is 2.42. The zero-order valence-electron chi connectivity index (χ0n) is 6.28. The molecule has 0 saturated carbocycles. The monoisotopic (exact) mass is 128 g/mol. The van der Waals surface area contributed by atoms with Crippen molar-refractivity contribution in [1.29, 1.82) is 0 Å². The van der Waals surface area contributed by atoms with Crippen LogP contribution in [0.3, 0.4) is 0 Å². The van der Waals surface area contributed by atoms with E-state index >= 15 is 0 Å². The molecule has 2 nitrogen and oxygen atoms in total. The average molecular weight is 128 g/mol. The Balaban J connectivity index is 3.50. The summed E-state index contributed by atoms with van der Waals surface area (Å²) in [5.41, 5.74) is 13.1. The fourth-order valence-corrected chi connectivity index (χ4v) is 0.543. The minimum atomic E-state index is 0.730. The van der Waals surface area contributed by atoms with Crippen molar-refractivity contribution < 1.29 is 0 Å². The van der Waals surface area contributed by atoms with Crippen LogP contribution in [0.2, 0.25) is 0 Å². The van der Waals surface area contributed by atoms with Crippen molar-refractivity contribution in [3.8, 4) is 0 Å². The van der Waals surface area contributed by atoms with Gasteiger partial charge in [0.1, 0.15) is 0 Å². The van der Waals surface area contributed by atoms with Gasteiger partial charge < -0.3 is 11.5 Å². The van der Waals surface area contributed by atoms with Gasteiger partial charge in [-0.3, -0.25) is 0 Å². The van der Waals surface area contributed by atoms with E-state index in [1.165, 1.54) is 5.57 Å². The molecule has 0 radical (unpaired) electrons. The van der Waals surface area contributed by atoms with E-state index in [4.69, 9.17) is 11.5 Å². The highest BCUT2D eigenvalue weighted by Gasteiger charge is 1.90. The minimum Gasteiger partial charge on any atom is -0.402 e. The zero-order chi connectivity index (χ0) is 7.28. The molecule has 0 heterocycles. The van der Waals surface area contributed by atoms with Crippen molar-refractivity contribution in [2.24, 2.45) is 11.5 Å². The molecule has 0 rings (SSSR count). The molecule has 0 aromatic carbocycles. The molecule has 54 valence electrons. The van der Waals surface area contributed by atoms with Crippen molar-refractivity contribution in [1.82, 2.24) is 0 Å². The molecule has 0 aliphatic carbocycles. The molecule has 0 aliphatic heterocycles. The Morgan fingerprint density at radius 2 is 1.89 bits per heavy atom. The first-order chi connectivity index (χ1) is 4.18. The van der Waals surface area contributed by atoms with E-state index in [0.717, 1.165) is 25.1 Å². The molecule has 0 fully saturated rings. The quantitative estimate of drug-likeness (QED) is 0.595. The summed E-state index contributed by atoms with van der Waals surface area (Å²) in [5, 5.41) is 0. The van der Waals surface area contributed by atoms with Crippen molar-refractivity contribution in [2.45, 2.75) is 26.7 Å². The summed E-state index contributed by atoms with van der Waals surface area (Å²) in [7, 11) is 0. The molecule has 0 atom stereocenters. The highest BCUT2D eigenvalue weighted by atomic mass is 14.6. The van der Waals surface area contributed by atoms with Gasteiger partial charge in [-0.25, -0.2) is 0 Å². The second-order valence-electron chi connectivity index (χ2n) is 2.42. The Labute approximate surface area is 56.9 Å². The lowest BCUT2D eigenvalue weighted by Crippen LogP contribution is -2.04. The van der Waals surface area contributed by atoms with Crippen LogP contribution in [-0.2, 0) is 0 Å². The summed E-state index contributed by atoms with van der Waals surface area (Å²) in [6.07, 6.45) is 1.94. The lowest BCUT2D eigenvalue weighted by atomic mass is 10.2. The summed E-state index contributed by atoms with van der Waals surface area (Å²) in [5.74, 6) is 0. The maximum atomic E-state index is 5.63. The van der Waals surface area contributed by atoms with Crippen LogP contribution in [0.4, 0.5) is 0 Å². The van der Waals surface area contributed by atoms with Gasteiger partial charge in [0.2, 0.25) is 0 Å². The SMILES string of the molecule is CC(C)=C(N)CCCN. The second kappa shape index (κ2) is 4.39. The molecular formula is C7H16N2. The van der Waals surface area contributed by atoms with Gasteiger partial charge in [-0.1, -0.05) is 5.57 Å². The van der Waals surface area contributed by atoms with Gasteiger partial charge in [-0.2, -0.15) is 0 Å². The Morgan fingerprint density at radius 3 is 2.22 bits per heavy atom. The van der Waals surface area contributed by atoms with Crippen molar-refractivity contribution in [3.63, 3.8) is 0 Å². The standard InChI is InChI=1S/C7H16N2/c1-6(2)7(9)4-3-5-8/h3-5,8-9H2,1-2H3. The van der Waals surface area contributed by atoms with E-state index in [-0.39, 0.29) is 0 Å². The summed E-state index contributed by atoms with van der Waals surface area (Å²) in [4.78, 5) is 0. The summed E-state index contributed by atoms with van der Waals surface area (Å²) < 4.78 is 0. The van der Waals surface area contributed by atoms with Crippen molar-refractivity contribution >= 4 is 0 Å². The maximum absolute atomic E-state index is 5.63. The van der Waals surface area contributed by atoms with Gasteiger partial charge in [0.25, 0.3) is 0 Å². The maximum Gasteiger partial charge on any atom is 0.00672 e. The lowest BCUT2D eigenvalue weighted by molar-refractivity contribution is 0.807. The van der Waals surface area contributed by atoms with Crippen LogP contribution in [0.25, 0.3) is 0 Å². The summed E-state index contributed by atoms with van der Waals surface area (Å²) in [6.45, 7) is 4.77. The first-order valence-corrected chi connectivity index (χ1v) is 3.30. The largest absolute Gasteiger partial charge is 0.402 e. The van der Waals surface area contributed by atoms with Crippen LogP contribution in [0.15, 0.2) is 11.3 Å². The minimum absolute atomic E-state index is 0.730. The molecule has 2 heteroatoms. The fourth-order valence-electron chi connectivity index (χ4n) is 0.543. The summed E-state index contributed by atoms with van der Waals surface area (Å²) in [6, 6.07) is 0. The molecule has 4 N–H and O–H groups in total. The summed E-state index contributed by atoms with van der Waals surface area (Å²) >= 11 is 0. The Kier molecular flexibility index (Phi) is 4.14. The lowest BCUT2D eigenvalue weighted by Gasteiger charge is -2.00. The van der Waals surface area contributed by atoms with Crippen LogP contribution in [0.5, 0.6) is 0 Å². The van der Waals surface area contributed by atoms with Crippen LogP contribution in [0.1, 0.15) is 26.7 Å². The molecule has 0 saturated heterocycles. The topological polar surface area (TPSA) is 52.0 Å². The predicted octanol–water partition coefficient (Wildman–Crippen LogP) is 0.978. The third-order valence-electron chi connectivity index (χ3n) is 1.29. The van der Waals surface area contributed by atoms with Gasteiger partial charge in [-0.15, -0.1) is 0 Å². The van der Waals surface area contributed by atoms with E-state index in [9.17, 15) is 0 Å². The van der Waals surface area contributed by atoms with E-state index in [1.807, 2.05) is 13.8 Å².